The molecule has 4 aromatic rings. The zero-order chi connectivity index (χ0) is 28.7. The molecule has 1 aliphatic carbocycles. The quantitative estimate of drug-likeness (QED) is 0.0940. The fraction of sp³-hybridized carbons (Fsp3) is 0.241. The van der Waals surface area contributed by atoms with Gasteiger partial charge in [-0.2, -0.15) is 8.42 Å². The molecule has 9 N–H and O–H groups in total. The predicted molar refractivity (Wildman–Crippen MR) is 168 cm³/mol. The lowest BCUT2D eigenvalue weighted by Gasteiger charge is -2.18. The smallest absolute Gasteiger partial charge is 0.294 e. The number of fused-ring (bicyclic) bond motifs is 1. The van der Waals surface area contributed by atoms with E-state index in [1.165, 1.54) is 53.0 Å². The van der Waals surface area contributed by atoms with Crippen LogP contribution in [-0.4, -0.2) is 13.0 Å². The number of hydrogen-bond acceptors (Lipinski definition) is 8. The summed E-state index contributed by atoms with van der Waals surface area (Å²) in [5, 5.41) is 1.37. The third kappa shape index (κ3) is 8.47. The Balaban J connectivity index is 0.000000262. The molecule has 10 heteroatoms. The van der Waals surface area contributed by atoms with Crippen molar-refractivity contribution < 1.29 is 13.0 Å². The molecule has 5 rings (SSSR count). The SMILES string of the molecule is CC1CCC1.Cc1ccc2cc(S(=O)(=O)O)cc(SSc3cc(N)ccc3N)c2c1N.Cc1ccccc1N. The van der Waals surface area contributed by atoms with Crippen LogP contribution in [0.2, 0.25) is 0 Å². The second-order valence-corrected chi connectivity index (χ2v) is 13.3. The zero-order valence-corrected chi connectivity index (χ0v) is 24.8. The van der Waals surface area contributed by atoms with E-state index in [0.29, 0.717) is 27.3 Å². The van der Waals surface area contributed by atoms with Gasteiger partial charge in [0.2, 0.25) is 0 Å². The summed E-state index contributed by atoms with van der Waals surface area (Å²) < 4.78 is 32.7. The molecule has 0 atom stereocenters. The van der Waals surface area contributed by atoms with Crippen molar-refractivity contribution in [3.8, 4) is 0 Å². The van der Waals surface area contributed by atoms with E-state index in [0.717, 1.165) is 33.0 Å². The number of nitrogen functional groups attached to an aromatic ring is 4. The minimum atomic E-state index is -4.35. The van der Waals surface area contributed by atoms with Gasteiger partial charge in [-0.05, 0) is 72.7 Å². The lowest BCUT2D eigenvalue weighted by Crippen LogP contribution is -2.04. The largest absolute Gasteiger partial charge is 0.399 e. The summed E-state index contributed by atoms with van der Waals surface area (Å²) in [7, 11) is -1.70. The molecule has 0 amide bonds. The first kappa shape index (κ1) is 30.5. The number of nitrogens with two attached hydrogens (primary N) is 4. The van der Waals surface area contributed by atoms with E-state index in [-0.39, 0.29) is 4.90 Å². The highest BCUT2D eigenvalue weighted by molar-refractivity contribution is 8.76. The average Bonchev–Trinajstić information content (AvgIpc) is 2.87. The van der Waals surface area contributed by atoms with Gasteiger partial charge in [0, 0.05) is 37.9 Å². The van der Waals surface area contributed by atoms with Crippen LogP contribution in [0.1, 0.15) is 37.3 Å². The monoisotopic (exact) mass is 584 g/mol. The normalized spacial score (nSPS) is 13.0. The van der Waals surface area contributed by atoms with E-state index < -0.39 is 10.1 Å². The van der Waals surface area contributed by atoms with Crippen LogP contribution < -0.4 is 22.9 Å². The van der Waals surface area contributed by atoms with Crippen LogP contribution in [0.15, 0.2) is 81.4 Å². The number of benzene rings is 4. The summed E-state index contributed by atoms with van der Waals surface area (Å²) in [6, 6.07) is 19.4. The predicted octanol–water partition coefficient (Wildman–Crippen LogP) is 7.32. The van der Waals surface area contributed by atoms with Crippen molar-refractivity contribution in [3.05, 3.63) is 77.9 Å². The maximum absolute atomic E-state index is 11.6. The Bertz CT molecular complexity index is 1530. The van der Waals surface area contributed by atoms with Crippen LogP contribution in [0.4, 0.5) is 22.7 Å². The molecule has 0 aliphatic heterocycles. The van der Waals surface area contributed by atoms with Crippen LogP contribution in [0, 0.1) is 19.8 Å². The number of anilines is 4. The molecule has 39 heavy (non-hydrogen) atoms. The highest BCUT2D eigenvalue weighted by Crippen LogP contribution is 2.45. The van der Waals surface area contributed by atoms with Crippen LogP contribution in [0.3, 0.4) is 0 Å². The van der Waals surface area contributed by atoms with E-state index in [4.69, 9.17) is 22.9 Å². The summed E-state index contributed by atoms with van der Waals surface area (Å²) in [4.78, 5) is 1.19. The molecule has 0 heterocycles. The molecule has 0 saturated heterocycles. The molecule has 1 aliphatic rings. The van der Waals surface area contributed by atoms with Crippen LogP contribution >= 0.6 is 21.6 Å². The Morgan fingerprint density at radius 1 is 0.795 bits per heavy atom. The Kier molecular flexibility index (Phi) is 10.4. The average molecular weight is 585 g/mol. The molecule has 0 radical (unpaired) electrons. The number of rotatable bonds is 4. The van der Waals surface area contributed by atoms with E-state index >= 15 is 0 Å². The molecule has 0 aromatic heterocycles. The van der Waals surface area contributed by atoms with Crippen molar-refractivity contribution in [1.29, 1.82) is 0 Å². The Morgan fingerprint density at radius 3 is 1.97 bits per heavy atom. The lowest BCUT2D eigenvalue weighted by molar-refractivity contribution is 0.346. The minimum Gasteiger partial charge on any atom is -0.399 e. The van der Waals surface area contributed by atoms with Crippen molar-refractivity contribution in [2.24, 2.45) is 5.92 Å². The molecular weight excluding hydrogens is 549 g/mol. The first-order valence-electron chi connectivity index (χ1n) is 12.5. The van der Waals surface area contributed by atoms with E-state index in [2.05, 4.69) is 6.92 Å². The van der Waals surface area contributed by atoms with Gasteiger partial charge in [-0.25, -0.2) is 0 Å². The first-order valence-corrected chi connectivity index (χ1v) is 16.1. The summed E-state index contributed by atoms with van der Waals surface area (Å²) in [5.41, 5.74) is 28.1. The molecule has 4 aromatic carbocycles. The Morgan fingerprint density at radius 2 is 1.44 bits per heavy atom. The zero-order valence-electron chi connectivity index (χ0n) is 22.3. The van der Waals surface area contributed by atoms with Gasteiger partial charge < -0.3 is 22.9 Å². The van der Waals surface area contributed by atoms with Gasteiger partial charge in [-0.3, -0.25) is 4.55 Å². The minimum absolute atomic E-state index is 0.183. The Labute approximate surface area is 238 Å². The maximum atomic E-state index is 11.6. The van der Waals surface area contributed by atoms with Crippen molar-refractivity contribution in [2.75, 3.05) is 22.9 Å². The fourth-order valence-corrected chi connectivity index (χ4v) is 6.66. The maximum Gasteiger partial charge on any atom is 0.294 e. The second kappa shape index (κ2) is 13.3. The van der Waals surface area contributed by atoms with Gasteiger partial charge in [0.1, 0.15) is 0 Å². The van der Waals surface area contributed by atoms with Gasteiger partial charge in [-0.15, -0.1) is 0 Å². The van der Waals surface area contributed by atoms with E-state index in [1.54, 1.807) is 24.3 Å². The molecule has 1 fully saturated rings. The topological polar surface area (TPSA) is 158 Å². The summed E-state index contributed by atoms with van der Waals surface area (Å²) in [6.07, 6.45) is 4.46. The molecule has 0 spiro atoms. The van der Waals surface area contributed by atoms with Crippen molar-refractivity contribution in [2.45, 2.75) is 54.7 Å². The highest BCUT2D eigenvalue weighted by Gasteiger charge is 2.17. The van der Waals surface area contributed by atoms with Gasteiger partial charge in [-0.1, -0.05) is 78.1 Å². The van der Waals surface area contributed by atoms with Crippen LogP contribution in [-0.2, 0) is 10.1 Å². The third-order valence-corrected chi connectivity index (χ3v) is 9.73. The van der Waals surface area contributed by atoms with Crippen molar-refractivity contribution in [3.63, 3.8) is 0 Å². The molecule has 7 nitrogen and oxygen atoms in total. The molecule has 0 bridgehead atoms. The summed E-state index contributed by atoms with van der Waals surface area (Å²) in [5.74, 6) is 1.06. The van der Waals surface area contributed by atoms with E-state index in [1.807, 2.05) is 44.2 Å². The van der Waals surface area contributed by atoms with Crippen LogP contribution in [0.25, 0.3) is 10.8 Å². The molecule has 1 saturated carbocycles. The number of hydrogen-bond donors (Lipinski definition) is 5. The van der Waals surface area contributed by atoms with Gasteiger partial charge in [0.05, 0.1) is 4.90 Å². The first-order chi connectivity index (χ1) is 18.4. The lowest BCUT2D eigenvalue weighted by atomic mass is 9.88. The van der Waals surface area contributed by atoms with Gasteiger partial charge in [0.25, 0.3) is 10.1 Å². The third-order valence-electron chi connectivity index (χ3n) is 6.45. The number of aryl methyl sites for hydroxylation is 2. The molecular formula is C29H36N4O3S3. The molecule has 208 valence electrons. The Hall–Kier alpha value is -3.05. The fourth-order valence-electron chi connectivity index (χ4n) is 3.66. The van der Waals surface area contributed by atoms with Crippen molar-refractivity contribution in [1.82, 2.24) is 0 Å². The highest BCUT2D eigenvalue weighted by atomic mass is 33.1. The van der Waals surface area contributed by atoms with Crippen LogP contribution in [0.5, 0.6) is 0 Å². The summed E-state index contributed by atoms with van der Waals surface area (Å²) in [6.45, 7) is 6.18. The van der Waals surface area contributed by atoms with E-state index in [9.17, 15) is 13.0 Å². The molecule has 0 unspecified atom stereocenters. The van der Waals surface area contributed by atoms with Crippen molar-refractivity contribution >= 4 is 65.2 Å². The second-order valence-electron chi connectivity index (χ2n) is 9.65. The van der Waals surface area contributed by atoms with Gasteiger partial charge in [0.15, 0.2) is 0 Å². The standard InChI is InChI=1S/C17H17N3O3S3.C7H9N.C5H10/c1-9-2-3-10-6-12(26(21,22)23)8-15(16(10)17(9)20)25-24-14-7-11(18)4-5-13(14)19;1-6-4-2-3-5-7(6)8;1-5-3-2-4-5/h2-8H,18-20H2,1H3,(H,21,22,23);2-5H,8H2,1H3;5H,2-4H2,1H3. The number of para-hydroxylation sites is 1. The summed E-state index contributed by atoms with van der Waals surface area (Å²) >= 11 is 0. The van der Waals surface area contributed by atoms with Gasteiger partial charge >= 0.3 is 0 Å².